The molecule has 4 heteroatoms. The van der Waals surface area contributed by atoms with Crippen LogP contribution in [0.3, 0.4) is 0 Å². The lowest BCUT2D eigenvalue weighted by Crippen LogP contribution is -2.26. The molecule has 0 radical (unpaired) electrons. The highest BCUT2D eigenvalue weighted by Crippen LogP contribution is 2.27. The van der Waals surface area contributed by atoms with Crippen molar-refractivity contribution < 1.29 is 9.18 Å². The summed E-state index contributed by atoms with van der Waals surface area (Å²) in [4.78, 5) is 11.6. The van der Waals surface area contributed by atoms with Crippen LogP contribution in [0.1, 0.15) is 18.4 Å². The van der Waals surface area contributed by atoms with Crippen LogP contribution in [0.4, 0.5) is 4.39 Å². The first kappa shape index (κ1) is 12.5. The quantitative estimate of drug-likeness (QED) is 0.847. The van der Waals surface area contributed by atoms with E-state index in [1.54, 1.807) is 6.07 Å². The molecule has 1 aliphatic carbocycles. The van der Waals surface area contributed by atoms with Crippen LogP contribution in [0, 0.1) is 11.7 Å². The van der Waals surface area contributed by atoms with E-state index in [1.807, 2.05) is 0 Å². The van der Waals surface area contributed by atoms with Crippen LogP contribution < -0.4 is 5.32 Å². The van der Waals surface area contributed by atoms with Gasteiger partial charge in [-0.05, 0) is 43.0 Å². The van der Waals surface area contributed by atoms with Crippen molar-refractivity contribution in [2.75, 3.05) is 13.1 Å². The van der Waals surface area contributed by atoms with Crippen LogP contribution in [-0.2, 0) is 11.2 Å². The number of benzene rings is 1. The highest BCUT2D eigenvalue weighted by Gasteiger charge is 2.20. The van der Waals surface area contributed by atoms with E-state index < -0.39 is 0 Å². The summed E-state index contributed by atoms with van der Waals surface area (Å²) in [6.45, 7) is 1.28. The first-order valence-electron chi connectivity index (χ1n) is 5.81. The fraction of sp³-hybridized carbons (Fsp3) is 0.462. The van der Waals surface area contributed by atoms with E-state index in [0.29, 0.717) is 17.1 Å². The second kappa shape index (κ2) is 5.61. The van der Waals surface area contributed by atoms with E-state index >= 15 is 0 Å². The Labute approximate surface area is 105 Å². The first-order chi connectivity index (χ1) is 8.15. The number of hydrogen-bond donors (Lipinski definition) is 1. The second-order valence-electron chi connectivity index (χ2n) is 4.53. The van der Waals surface area contributed by atoms with Gasteiger partial charge in [0.15, 0.2) is 5.78 Å². The summed E-state index contributed by atoms with van der Waals surface area (Å²) in [6.07, 6.45) is 2.80. The molecule has 92 valence electrons. The molecule has 1 aromatic carbocycles. The maximum atomic E-state index is 12.8. The van der Waals surface area contributed by atoms with E-state index in [-0.39, 0.29) is 18.0 Å². The standard InChI is InChI=1S/C13H15ClFNO/c14-13-6-11(15)4-3-10(13)5-12(17)8-16-7-9-1-2-9/h3-4,6,9,16H,1-2,5,7-8H2. The maximum Gasteiger partial charge on any atom is 0.151 e. The van der Waals surface area contributed by atoms with Crippen molar-refractivity contribution in [1.82, 2.24) is 5.32 Å². The van der Waals surface area contributed by atoms with Crippen molar-refractivity contribution in [2.24, 2.45) is 5.92 Å². The SMILES string of the molecule is O=C(CNCC1CC1)Cc1ccc(F)cc1Cl. The average Bonchev–Trinajstić information content (AvgIpc) is 3.06. The van der Waals surface area contributed by atoms with Crippen molar-refractivity contribution in [3.63, 3.8) is 0 Å². The Morgan fingerprint density at radius 2 is 2.24 bits per heavy atom. The molecule has 0 aromatic heterocycles. The molecule has 0 spiro atoms. The number of hydrogen-bond acceptors (Lipinski definition) is 2. The van der Waals surface area contributed by atoms with Crippen molar-refractivity contribution in [2.45, 2.75) is 19.3 Å². The predicted molar refractivity (Wildman–Crippen MR) is 65.7 cm³/mol. The largest absolute Gasteiger partial charge is 0.310 e. The maximum absolute atomic E-state index is 12.8. The zero-order valence-electron chi connectivity index (χ0n) is 9.51. The monoisotopic (exact) mass is 255 g/mol. The Bertz CT molecular complexity index is 418. The Morgan fingerprint density at radius 3 is 2.88 bits per heavy atom. The molecular formula is C13H15ClFNO. The summed E-state index contributed by atoms with van der Waals surface area (Å²) >= 11 is 5.86. The molecule has 0 aliphatic heterocycles. The molecule has 0 heterocycles. The molecule has 2 rings (SSSR count). The normalized spacial score (nSPS) is 14.9. The van der Waals surface area contributed by atoms with Crippen molar-refractivity contribution >= 4 is 17.4 Å². The lowest BCUT2D eigenvalue weighted by molar-refractivity contribution is -0.117. The molecule has 0 atom stereocenters. The molecule has 1 aromatic rings. The Morgan fingerprint density at radius 1 is 1.47 bits per heavy atom. The highest BCUT2D eigenvalue weighted by atomic mass is 35.5. The third-order valence-corrected chi connectivity index (χ3v) is 3.21. The minimum absolute atomic E-state index is 0.0826. The number of Topliss-reactive ketones (excluding diaryl/α,β-unsaturated/α-hetero) is 1. The van der Waals surface area contributed by atoms with E-state index in [4.69, 9.17) is 11.6 Å². The van der Waals surface area contributed by atoms with Crippen LogP contribution in [0.25, 0.3) is 0 Å². The van der Waals surface area contributed by atoms with Gasteiger partial charge in [0.05, 0.1) is 6.54 Å². The van der Waals surface area contributed by atoms with Crippen LogP contribution >= 0.6 is 11.6 Å². The highest BCUT2D eigenvalue weighted by molar-refractivity contribution is 6.31. The number of halogens is 2. The third kappa shape index (κ3) is 4.10. The van der Waals surface area contributed by atoms with Gasteiger partial charge >= 0.3 is 0 Å². The number of ketones is 1. The molecule has 2 nitrogen and oxygen atoms in total. The second-order valence-corrected chi connectivity index (χ2v) is 4.93. The van der Waals surface area contributed by atoms with E-state index in [0.717, 1.165) is 12.5 Å². The number of carbonyl (C=O) groups excluding carboxylic acids is 1. The molecule has 17 heavy (non-hydrogen) atoms. The van der Waals surface area contributed by atoms with Gasteiger partial charge in [0.25, 0.3) is 0 Å². The number of carbonyl (C=O) groups is 1. The first-order valence-corrected chi connectivity index (χ1v) is 6.19. The van der Waals surface area contributed by atoms with Gasteiger partial charge in [0, 0.05) is 11.4 Å². The fourth-order valence-corrected chi connectivity index (χ4v) is 1.91. The molecule has 1 aliphatic rings. The van der Waals surface area contributed by atoms with Crippen LogP contribution in [-0.4, -0.2) is 18.9 Å². The summed E-state index contributed by atoms with van der Waals surface area (Å²) in [5.41, 5.74) is 0.686. The van der Waals surface area contributed by atoms with Crippen molar-refractivity contribution in [3.05, 3.63) is 34.6 Å². The van der Waals surface area contributed by atoms with Gasteiger partial charge in [0.1, 0.15) is 5.82 Å². The third-order valence-electron chi connectivity index (χ3n) is 2.85. The van der Waals surface area contributed by atoms with E-state index in [2.05, 4.69) is 5.32 Å². The Hall–Kier alpha value is -0.930. The lowest BCUT2D eigenvalue weighted by Gasteiger charge is -2.05. The van der Waals surface area contributed by atoms with E-state index in [1.165, 1.54) is 25.0 Å². The molecule has 0 unspecified atom stereocenters. The van der Waals surface area contributed by atoms with Crippen LogP contribution in [0.2, 0.25) is 5.02 Å². The lowest BCUT2D eigenvalue weighted by atomic mass is 10.1. The minimum Gasteiger partial charge on any atom is -0.310 e. The summed E-state index contributed by atoms with van der Waals surface area (Å²) in [5.74, 6) is 0.467. The topological polar surface area (TPSA) is 29.1 Å². The summed E-state index contributed by atoms with van der Waals surface area (Å²) in [5, 5.41) is 3.45. The molecule has 0 saturated heterocycles. The molecule has 1 saturated carbocycles. The summed E-state index contributed by atoms with van der Waals surface area (Å²) < 4.78 is 12.8. The molecule has 1 fully saturated rings. The molecule has 0 amide bonds. The Kier molecular flexibility index (Phi) is 4.13. The van der Waals surface area contributed by atoms with Gasteiger partial charge in [-0.2, -0.15) is 0 Å². The predicted octanol–water partition coefficient (Wildman–Crippen LogP) is 2.59. The van der Waals surface area contributed by atoms with Gasteiger partial charge < -0.3 is 5.32 Å². The minimum atomic E-state index is -0.377. The number of nitrogens with one attached hydrogen (secondary N) is 1. The summed E-state index contributed by atoms with van der Waals surface area (Å²) in [7, 11) is 0. The Balaban J connectivity index is 1.79. The van der Waals surface area contributed by atoms with Crippen LogP contribution in [0.5, 0.6) is 0 Å². The van der Waals surface area contributed by atoms with Gasteiger partial charge in [-0.1, -0.05) is 17.7 Å². The van der Waals surface area contributed by atoms with Crippen molar-refractivity contribution in [1.29, 1.82) is 0 Å². The number of rotatable bonds is 6. The average molecular weight is 256 g/mol. The van der Waals surface area contributed by atoms with Gasteiger partial charge in [-0.15, -0.1) is 0 Å². The molecular weight excluding hydrogens is 241 g/mol. The zero-order valence-corrected chi connectivity index (χ0v) is 10.3. The fourth-order valence-electron chi connectivity index (χ4n) is 1.68. The zero-order chi connectivity index (χ0) is 12.3. The van der Waals surface area contributed by atoms with Crippen molar-refractivity contribution in [3.8, 4) is 0 Å². The van der Waals surface area contributed by atoms with Gasteiger partial charge in [0.2, 0.25) is 0 Å². The van der Waals surface area contributed by atoms with Gasteiger partial charge in [-0.3, -0.25) is 4.79 Å². The smallest absolute Gasteiger partial charge is 0.151 e. The molecule has 0 bridgehead atoms. The van der Waals surface area contributed by atoms with Gasteiger partial charge in [-0.25, -0.2) is 4.39 Å². The molecule has 1 N–H and O–H groups in total. The van der Waals surface area contributed by atoms with E-state index in [9.17, 15) is 9.18 Å². The van der Waals surface area contributed by atoms with Crippen LogP contribution in [0.15, 0.2) is 18.2 Å². The summed E-state index contributed by atoms with van der Waals surface area (Å²) in [6, 6.07) is 4.13.